The van der Waals surface area contributed by atoms with Crippen molar-refractivity contribution in [1.29, 1.82) is 0 Å². The van der Waals surface area contributed by atoms with Crippen LogP contribution in [0.3, 0.4) is 0 Å². The molecule has 0 unspecified atom stereocenters. The summed E-state index contributed by atoms with van der Waals surface area (Å²) in [4.78, 5) is 15.2. The third kappa shape index (κ3) is 5.69. The van der Waals surface area contributed by atoms with E-state index in [4.69, 9.17) is 9.84 Å². The molecule has 1 heterocycles. The molecule has 0 spiro atoms. The Hall–Kier alpha value is -4.14. The van der Waals surface area contributed by atoms with Gasteiger partial charge in [0.2, 0.25) is 0 Å². The summed E-state index contributed by atoms with van der Waals surface area (Å²) in [5, 5.41) is 17.7. The van der Waals surface area contributed by atoms with E-state index >= 15 is 0 Å². The zero-order chi connectivity index (χ0) is 22.4. The van der Waals surface area contributed by atoms with Gasteiger partial charge in [0.05, 0.1) is 12.4 Å². The van der Waals surface area contributed by atoms with Gasteiger partial charge < -0.3 is 19.6 Å². The summed E-state index contributed by atoms with van der Waals surface area (Å²) in [6.07, 6.45) is 4.90. The summed E-state index contributed by atoms with van der Waals surface area (Å²) in [7, 11) is 7.87. The molecule has 0 fully saturated rings. The summed E-state index contributed by atoms with van der Waals surface area (Å²) < 4.78 is 7.51. The van der Waals surface area contributed by atoms with Crippen LogP contribution in [0.1, 0.15) is 11.1 Å². The number of benzene rings is 2. The Balaban J connectivity index is 1.82. The average Bonchev–Trinajstić information content (AvgIpc) is 3.12. The molecule has 0 saturated carbocycles. The molecule has 31 heavy (non-hydrogen) atoms. The van der Waals surface area contributed by atoms with Gasteiger partial charge >= 0.3 is 12.2 Å². The lowest BCUT2D eigenvalue weighted by molar-refractivity contribution is -0.681. The Kier molecular flexibility index (Phi) is 6.66. The summed E-state index contributed by atoms with van der Waals surface area (Å²) >= 11 is 0. The highest BCUT2D eigenvalue weighted by Gasteiger charge is 2.22. The van der Waals surface area contributed by atoms with Crippen molar-refractivity contribution >= 4 is 30.0 Å². The van der Waals surface area contributed by atoms with E-state index in [9.17, 15) is 4.79 Å². The molecule has 1 aromatic heterocycles. The van der Waals surface area contributed by atoms with Gasteiger partial charge in [-0.25, -0.2) is 4.79 Å². The van der Waals surface area contributed by atoms with Crippen molar-refractivity contribution < 1.29 is 19.3 Å². The standard InChI is InChI=1S/C22H24N6O3/c1-25(2)19-9-5-17(6-10-19)15-23-27-13-14-28(21(27)31-22(29)30)24-16-18-7-11-20(12-8-18)26(3)4/h5-16H,1-4H3/p+1/b23-15-,24-16-. The highest BCUT2D eigenvalue weighted by Crippen LogP contribution is 2.13. The lowest BCUT2D eigenvalue weighted by atomic mass is 10.2. The molecule has 0 aliphatic heterocycles. The molecular weight excluding hydrogens is 396 g/mol. The van der Waals surface area contributed by atoms with Crippen LogP contribution < -0.4 is 19.2 Å². The Morgan fingerprint density at radius 2 is 1.45 bits per heavy atom. The minimum Gasteiger partial charge on any atom is -0.449 e. The molecule has 0 aliphatic carbocycles. The molecule has 0 aliphatic rings. The molecule has 3 rings (SSSR count). The number of ether oxygens (including phenoxy) is 1. The van der Waals surface area contributed by atoms with E-state index in [1.807, 2.05) is 86.5 Å². The van der Waals surface area contributed by atoms with Crippen LogP contribution in [0.15, 0.2) is 71.1 Å². The van der Waals surface area contributed by atoms with Gasteiger partial charge in [0.25, 0.3) is 0 Å². The van der Waals surface area contributed by atoms with Crippen molar-refractivity contribution in [3.05, 3.63) is 72.1 Å². The number of hydrogen-bond acceptors (Lipinski definition) is 6. The van der Waals surface area contributed by atoms with Gasteiger partial charge in [0.1, 0.15) is 0 Å². The van der Waals surface area contributed by atoms with Crippen LogP contribution in [-0.2, 0) is 0 Å². The quantitative estimate of drug-likeness (QED) is 0.360. The predicted molar refractivity (Wildman–Crippen MR) is 121 cm³/mol. The number of rotatable bonds is 7. The first kappa shape index (κ1) is 21.6. The van der Waals surface area contributed by atoms with E-state index in [1.54, 1.807) is 24.8 Å². The van der Waals surface area contributed by atoms with Crippen LogP contribution in [0, 0.1) is 0 Å². The van der Waals surface area contributed by atoms with Crippen molar-refractivity contribution in [1.82, 2.24) is 4.68 Å². The first-order valence-electron chi connectivity index (χ1n) is 9.51. The number of hydrogen-bond donors (Lipinski definition) is 1. The Morgan fingerprint density at radius 1 is 0.935 bits per heavy atom. The Labute approximate surface area is 180 Å². The number of nitrogens with zero attached hydrogens (tertiary/aromatic N) is 6. The summed E-state index contributed by atoms with van der Waals surface area (Å²) in [5.74, 6) is 0. The van der Waals surface area contributed by atoms with Crippen LogP contribution in [0.5, 0.6) is 6.01 Å². The first-order chi connectivity index (χ1) is 14.8. The molecule has 2 aromatic carbocycles. The summed E-state index contributed by atoms with van der Waals surface area (Å²) in [6, 6.07) is 15.5. The molecule has 0 saturated heterocycles. The second-order valence-corrected chi connectivity index (χ2v) is 7.10. The van der Waals surface area contributed by atoms with Gasteiger partial charge in [0, 0.05) is 39.6 Å². The number of carbonyl (C=O) groups is 1. The highest BCUT2D eigenvalue weighted by atomic mass is 16.7. The molecule has 0 bridgehead atoms. The third-order valence-corrected chi connectivity index (χ3v) is 4.40. The minimum atomic E-state index is -1.45. The van der Waals surface area contributed by atoms with Gasteiger partial charge in [-0.05, 0) is 35.4 Å². The van der Waals surface area contributed by atoms with E-state index in [1.165, 1.54) is 9.35 Å². The summed E-state index contributed by atoms with van der Waals surface area (Å²) in [5.41, 5.74) is 3.85. The van der Waals surface area contributed by atoms with Crippen molar-refractivity contribution in [3.8, 4) is 6.01 Å². The lowest BCUT2D eigenvalue weighted by Crippen LogP contribution is -2.30. The van der Waals surface area contributed by atoms with Crippen LogP contribution >= 0.6 is 0 Å². The SMILES string of the molecule is CN(C)c1ccc(/C=N\n2cc[n+](/N=C\c3ccc(N(C)C)cc3)c2OC(=O)O)cc1. The van der Waals surface area contributed by atoms with Crippen molar-refractivity contribution in [2.45, 2.75) is 0 Å². The van der Waals surface area contributed by atoms with E-state index in [0.29, 0.717) is 0 Å². The van der Waals surface area contributed by atoms with Gasteiger partial charge in [-0.3, -0.25) is 0 Å². The Bertz CT molecular complexity index is 1000. The predicted octanol–water partition coefficient (Wildman–Crippen LogP) is 2.73. The highest BCUT2D eigenvalue weighted by molar-refractivity contribution is 5.80. The minimum absolute atomic E-state index is 0.0603. The van der Waals surface area contributed by atoms with Crippen molar-refractivity contribution in [3.63, 3.8) is 0 Å². The van der Waals surface area contributed by atoms with Crippen LogP contribution in [0.2, 0.25) is 0 Å². The second-order valence-electron chi connectivity index (χ2n) is 7.10. The van der Waals surface area contributed by atoms with Gasteiger partial charge in [-0.2, -0.15) is 0 Å². The van der Waals surface area contributed by atoms with Crippen LogP contribution in [0.4, 0.5) is 16.2 Å². The van der Waals surface area contributed by atoms with Gasteiger partial charge in [-0.15, -0.1) is 0 Å². The fourth-order valence-electron chi connectivity index (χ4n) is 2.68. The van der Waals surface area contributed by atoms with Crippen LogP contribution in [0.25, 0.3) is 0 Å². The largest absolute Gasteiger partial charge is 0.518 e. The maximum absolute atomic E-state index is 11.2. The molecule has 0 atom stereocenters. The normalized spacial score (nSPS) is 11.2. The third-order valence-electron chi connectivity index (χ3n) is 4.40. The topological polar surface area (TPSA) is 86.5 Å². The molecule has 160 valence electrons. The molecule has 3 aromatic rings. The maximum atomic E-state index is 11.2. The number of aromatic nitrogens is 2. The average molecular weight is 421 g/mol. The first-order valence-corrected chi connectivity index (χ1v) is 9.51. The second kappa shape index (κ2) is 9.57. The molecular formula is C22H25N6O3+. The fourth-order valence-corrected chi connectivity index (χ4v) is 2.68. The number of imidazole rings is 1. The fraction of sp³-hybridized carbons (Fsp3) is 0.182. The van der Waals surface area contributed by atoms with Crippen molar-refractivity contribution in [2.24, 2.45) is 10.2 Å². The Morgan fingerprint density at radius 3 is 1.94 bits per heavy atom. The summed E-state index contributed by atoms with van der Waals surface area (Å²) in [6.45, 7) is 0. The van der Waals surface area contributed by atoms with E-state index in [-0.39, 0.29) is 6.01 Å². The molecule has 1 N–H and O–H groups in total. The number of anilines is 2. The van der Waals surface area contributed by atoms with E-state index < -0.39 is 6.16 Å². The molecule has 0 radical (unpaired) electrons. The number of carboxylic acid groups (broad SMARTS) is 1. The lowest BCUT2D eigenvalue weighted by Gasteiger charge is -2.11. The molecule has 9 nitrogen and oxygen atoms in total. The van der Waals surface area contributed by atoms with Crippen molar-refractivity contribution in [2.75, 3.05) is 38.0 Å². The van der Waals surface area contributed by atoms with E-state index in [2.05, 4.69) is 10.2 Å². The monoisotopic (exact) mass is 421 g/mol. The smallest absolute Gasteiger partial charge is 0.449 e. The van der Waals surface area contributed by atoms with Gasteiger partial charge in [-0.1, -0.05) is 43.8 Å². The molecule has 9 heteroatoms. The van der Waals surface area contributed by atoms with E-state index in [0.717, 1.165) is 22.5 Å². The maximum Gasteiger partial charge on any atom is 0.518 e. The van der Waals surface area contributed by atoms with Crippen LogP contribution in [-0.4, -0.2) is 56.6 Å². The molecule has 0 amide bonds. The zero-order valence-corrected chi connectivity index (χ0v) is 17.9. The van der Waals surface area contributed by atoms with Gasteiger partial charge in [0.15, 0.2) is 12.4 Å². The zero-order valence-electron chi connectivity index (χ0n) is 17.9.